The molecular weight excluding hydrogens is 284 g/mol. The predicted octanol–water partition coefficient (Wildman–Crippen LogP) is 3.79. The van der Waals surface area contributed by atoms with Crippen LogP contribution >= 0.6 is 0 Å². The molecule has 23 heavy (non-hydrogen) atoms. The van der Waals surface area contributed by atoms with Crippen molar-refractivity contribution in [2.75, 3.05) is 0 Å². The fraction of sp³-hybridized carbons (Fsp3) is 0.700. The minimum absolute atomic E-state index is 0.000447. The molecule has 0 saturated heterocycles. The first-order valence-electron chi connectivity index (χ1n) is 9.42. The zero-order chi connectivity index (χ0) is 15.4. The summed E-state index contributed by atoms with van der Waals surface area (Å²) in [7, 11) is 0. The Bertz CT molecular complexity index is 572. The van der Waals surface area contributed by atoms with Gasteiger partial charge in [-0.05, 0) is 80.8 Å². The molecule has 5 aliphatic rings. The lowest BCUT2D eigenvalue weighted by atomic mass is 9.49. The maximum atomic E-state index is 13.6. The normalized spacial score (nSPS) is 37.8. The third-order valence-corrected chi connectivity index (χ3v) is 6.82. The Balaban J connectivity index is 1.41. The molecule has 1 amide bonds. The zero-order valence-electron chi connectivity index (χ0n) is 13.8. The van der Waals surface area contributed by atoms with E-state index in [1.165, 1.54) is 56.9 Å². The van der Waals surface area contributed by atoms with Gasteiger partial charge in [0.05, 0.1) is 5.41 Å². The number of nitrogens with zero attached hydrogens (tertiary/aromatic N) is 2. The van der Waals surface area contributed by atoms with Gasteiger partial charge in [0.25, 0.3) is 0 Å². The van der Waals surface area contributed by atoms with E-state index >= 15 is 0 Å². The molecule has 0 unspecified atom stereocenters. The highest BCUT2D eigenvalue weighted by molar-refractivity contribution is 5.84. The van der Waals surface area contributed by atoms with Gasteiger partial charge in [0.1, 0.15) is 0 Å². The lowest BCUT2D eigenvalue weighted by Crippen LogP contribution is -2.54. The van der Waals surface area contributed by atoms with Crippen molar-refractivity contribution in [1.29, 1.82) is 0 Å². The third-order valence-electron chi connectivity index (χ3n) is 6.82. The van der Waals surface area contributed by atoms with Gasteiger partial charge in [0.15, 0.2) is 0 Å². The molecule has 122 valence electrons. The van der Waals surface area contributed by atoms with E-state index in [0.29, 0.717) is 11.9 Å². The van der Waals surface area contributed by atoms with Crippen LogP contribution in [-0.2, 0) is 11.3 Å². The Morgan fingerprint density at radius 1 is 1.13 bits per heavy atom. The number of carbonyl (C=O) groups excluding carboxylic acids is 1. The zero-order valence-corrected chi connectivity index (χ0v) is 13.8. The van der Waals surface area contributed by atoms with E-state index in [1.807, 2.05) is 18.5 Å². The molecule has 1 heterocycles. The number of rotatable bonds is 4. The van der Waals surface area contributed by atoms with Crippen LogP contribution in [0.3, 0.4) is 0 Å². The minimum atomic E-state index is -0.000447. The highest BCUT2D eigenvalue weighted by Gasteiger charge is 2.56. The third kappa shape index (κ3) is 2.40. The second kappa shape index (κ2) is 5.06. The summed E-state index contributed by atoms with van der Waals surface area (Å²) in [6.07, 6.45) is 13.8. The van der Waals surface area contributed by atoms with Crippen molar-refractivity contribution < 1.29 is 4.79 Å². The van der Waals surface area contributed by atoms with E-state index in [0.717, 1.165) is 24.3 Å². The first-order valence-corrected chi connectivity index (χ1v) is 9.42. The van der Waals surface area contributed by atoms with Gasteiger partial charge < -0.3 is 4.90 Å². The van der Waals surface area contributed by atoms with Crippen molar-refractivity contribution in [3.8, 4) is 0 Å². The molecule has 0 radical (unpaired) electrons. The summed E-state index contributed by atoms with van der Waals surface area (Å²) >= 11 is 0. The first-order chi connectivity index (χ1) is 11.2. The maximum Gasteiger partial charge on any atom is 0.229 e. The molecule has 0 aromatic carbocycles. The standard InChI is InChI=1S/C20H26N2O/c23-19(20-9-15-6-16(10-20)8-17(7-15)11-20)22(18-3-4-18)13-14-2-1-5-21-12-14/h1-2,5,12,15-18H,3-4,6-11,13H2. The van der Waals surface area contributed by atoms with E-state index in [2.05, 4.69) is 16.0 Å². The molecule has 1 aromatic rings. The molecular formula is C20H26N2O. The summed E-state index contributed by atoms with van der Waals surface area (Å²) < 4.78 is 0. The molecule has 4 bridgehead atoms. The van der Waals surface area contributed by atoms with Gasteiger partial charge >= 0.3 is 0 Å². The smallest absolute Gasteiger partial charge is 0.229 e. The van der Waals surface area contributed by atoms with E-state index < -0.39 is 0 Å². The average molecular weight is 310 g/mol. The van der Waals surface area contributed by atoms with Crippen LogP contribution in [0.1, 0.15) is 56.9 Å². The Hall–Kier alpha value is -1.38. The second-order valence-electron chi connectivity index (χ2n) is 8.72. The monoisotopic (exact) mass is 310 g/mol. The van der Waals surface area contributed by atoms with Crippen molar-refractivity contribution in [2.24, 2.45) is 23.2 Å². The number of amides is 1. The second-order valence-corrected chi connectivity index (χ2v) is 8.72. The molecule has 0 N–H and O–H groups in total. The molecule has 0 aliphatic heterocycles. The molecule has 3 nitrogen and oxygen atoms in total. The highest BCUT2D eigenvalue weighted by atomic mass is 16.2. The van der Waals surface area contributed by atoms with Crippen LogP contribution in [-0.4, -0.2) is 21.8 Å². The maximum absolute atomic E-state index is 13.6. The van der Waals surface area contributed by atoms with E-state index in [1.54, 1.807) is 0 Å². The van der Waals surface area contributed by atoms with Gasteiger partial charge in [0.2, 0.25) is 5.91 Å². The molecule has 5 saturated carbocycles. The number of hydrogen-bond acceptors (Lipinski definition) is 2. The summed E-state index contributed by atoms with van der Waals surface area (Å²) in [4.78, 5) is 20.0. The van der Waals surface area contributed by atoms with E-state index in [-0.39, 0.29) is 5.41 Å². The first kappa shape index (κ1) is 14.0. The van der Waals surface area contributed by atoms with Gasteiger partial charge in [-0.3, -0.25) is 9.78 Å². The predicted molar refractivity (Wildman–Crippen MR) is 88.4 cm³/mol. The number of aromatic nitrogens is 1. The van der Waals surface area contributed by atoms with Crippen molar-refractivity contribution in [2.45, 2.75) is 64.0 Å². The molecule has 0 spiro atoms. The topological polar surface area (TPSA) is 33.2 Å². The van der Waals surface area contributed by atoms with Crippen molar-refractivity contribution in [1.82, 2.24) is 9.88 Å². The van der Waals surface area contributed by atoms with Gasteiger partial charge in [-0.1, -0.05) is 6.07 Å². The lowest BCUT2D eigenvalue weighted by Gasteiger charge is -2.56. The SMILES string of the molecule is O=C(N(Cc1cccnc1)C1CC1)C12CC3CC(CC(C3)C1)C2. The number of pyridine rings is 1. The summed E-state index contributed by atoms with van der Waals surface area (Å²) in [5.41, 5.74) is 1.18. The lowest BCUT2D eigenvalue weighted by molar-refractivity contribution is -0.159. The van der Waals surface area contributed by atoms with Crippen LogP contribution in [0.4, 0.5) is 0 Å². The van der Waals surface area contributed by atoms with Crippen molar-refractivity contribution in [3.05, 3.63) is 30.1 Å². The fourth-order valence-corrected chi connectivity index (χ4v) is 6.12. The van der Waals surface area contributed by atoms with Crippen LogP contribution in [0.25, 0.3) is 0 Å². The van der Waals surface area contributed by atoms with Crippen LogP contribution in [0.2, 0.25) is 0 Å². The van der Waals surface area contributed by atoms with Crippen LogP contribution in [0, 0.1) is 23.2 Å². The Morgan fingerprint density at radius 3 is 2.30 bits per heavy atom. The summed E-state index contributed by atoms with van der Waals surface area (Å²) in [6, 6.07) is 4.58. The van der Waals surface area contributed by atoms with E-state index in [4.69, 9.17) is 0 Å². The summed E-state index contributed by atoms with van der Waals surface area (Å²) in [5.74, 6) is 3.00. The highest BCUT2D eigenvalue weighted by Crippen LogP contribution is 2.61. The van der Waals surface area contributed by atoms with Crippen molar-refractivity contribution in [3.63, 3.8) is 0 Å². The molecule has 1 aromatic heterocycles. The van der Waals surface area contributed by atoms with Gasteiger partial charge in [-0.15, -0.1) is 0 Å². The molecule has 6 rings (SSSR count). The van der Waals surface area contributed by atoms with Crippen LogP contribution in [0.5, 0.6) is 0 Å². The van der Waals surface area contributed by atoms with Gasteiger partial charge in [0, 0.05) is 25.0 Å². The number of carbonyl (C=O) groups is 1. The minimum Gasteiger partial charge on any atom is -0.335 e. The average Bonchev–Trinajstić information content (AvgIpc) is 3.36. The molecule has 5 aliphatic carbocycles. The molecule has 3 heteroatoms. The Morgan fingerprint density at radius 2 is 1.78 bits per heavy atom. The fourth-order valence-electron chi connectivity index (χ4n) is 6.12. The summed E-state index contributed by atoms with van der Waals surface area (Å²) in [5, 5.41) is 0. The molecule has 0 atom stereocenters. The molecule has 5 fully saturated rings. The van der Waals surface area contributed by atoms with Crippen molar-refractivity contribution >= 4 is 5.91 Å². The summed E-state index contributed by atoms with van der Waals surface area (Å²) in [6.45, 7) is 0.763. The van der Waals surface area contributed by atoms with Crippen LogP contribution < -0.4 is 0 Å². The Kier molecular flexibility index (Phi) is 3.08. The van der Waals surface area contributed by atoms with Crippen LogP contribution in [0.15, 0.2) is 24.5 Å². The Labute approximate surface area is 138 Å². The van der Waals surface area contributed by atoms with Gasteiger partial charge in [-0.2, -0.15) is 0 Å². The quantitative estimate of drug-likeness (QED) is 0.847. The number of hydrogen-bond donors (Lipinski definition) is 0. The van der Waals surface area contributed by atoms with E-state index in [9.17, 15) is 4.79 Å². The van der Waals surface area contributed by atoms with Gasteiger partial charge in [-0.25, -0.2) is 0 Å². The largest absolute Gasteiger partial charge is 0.335 e.